The number of halogens is 2. The summed E-state index contributed by atoms with van der Waals surface area (Å²) in [4.78, 5) is 26.2. The topological polar surface area (TPSA) is 66.8 Å². The molecule has 160 valence electrons. The molecule has 0 aliphatic carbocycles. The summed E-state index contributed by atoms with van der Waals surface area (Å²) in [5, 5.41) is 9.46. The van der Waals surface area contributed by atoms with Crippen LogP contribution in [0.5, 0.6) is 5.75 Å². The van der Waals surface area contributed by atoms with Crippen LogP contribution in [-0.2, 0) is 11.3 Å². The Labute approximate surface area is 184 Å². The van der Waals surface area contributed by atoms with Gasteiger partial charge in [0.15, 0.2) is 12.4 Å². The Morgan fingerprint density at radius 2 is 1.71 bits per heavy atom. The number of aromatic carboxylic acids is 1. The molecule has 7 heteroatoms. The molecular formula is C24H21ClFNO4. The third kappa shape index (κ3) is 5.61. The number of hydrogen-bond acceptors (Lipinski definition) is 3. The van der Waals surface area contributed by atoms with Gasteiger partial charge in [-0.1, -0.05) is 60.1 Å². The van der Waals surface area contributed by atoms with Gasteiger partial charge in [-0.15, -0.1) is 0 Å². The first-order valence-corrected chi connectivity index (χ1v) is 9.98. The monoisotopic (exact) mass is 441 g/mol. The summed E-state index contributed by atoms with van der Waals surface area (Å²) in [5.74, 6) is -1.98. The van der Waals surface area contributed by atoms with E-state index in [2.05, 4.69) is 0 Å². The van der Waals surface area contributed by atoms with E-state index in [1.807, 2.05) is 37.3 Å². The molecule has 1 unspecified atom stereocenters. The molecule has 3 aromatic carbocycles. The third-order valence-electron chi connectivity index (χ3n) is 4.87. The Kier molecular flexibility index (Phi) is 7.26. The molecule has 0 saturated carbocycles. The predicted molar refractivity (Wildman–Crippen MR) is 116 cm³/mol. The molecule has 0 bridgehead atoms. The van der Waals surface area contributed by atoms with Crippen molar-refractivity contribution in [2.45, 2.75) is 19.5 Å². The Morgan fingerprint density at radius 1 is 1.03 bits per heavy atom. The maximum Gasteiger partial charge on any atom is 0.339 e. The van der Waals surface area contributed by atoms with Crippen LogP contribution in [0.2, 0.25) is 5.02 Å². The number of carboxylic acids is 1. The summed E-state index contributed by atoms with van der Waals surface area (Å²) >= 11 is 6.09. The fourth-order valence-electron chi connectivity index (χ4n) is 3.18. The fourth-order valence-corrected chi connectivity index (χ4v) is 3.41. The summed E-state index contributed by atoms with van der Waals surface area (Å²) in [6, 6.07) is 19.4. The minimum atomic E-state index is -1.20. The number of ether oxygens (including phenoxy) is 1. The number of nitrogens with zero attached hydrogens (tertiary/aromatic N) is 1. The second kappa shape index (κ2) is 10.1. The minimum absolute atomic E-state index is 0.0564. The zero-order valence-corrected chi connectivity index (χ0v) is 17.6. The number of benzene rings is 3. The molecule has 0 saturated heterocycles. The van der Waals surface area contributed by atoms with Gasteiger partial charge in [0, 0.05) is 6.54 Å². The molecule has 1 N–H and O–H groups in total. The lowest BCUT2D eigenvalue weighted by atomic mass is 10.1. The second-order valence-corrected chi connectivity index (χ2v) is 7.35. The van der Waals surface area contributed by atoms with Crippen molar-refractivity contribution >= 4 is 23.5 Å². The van der Waals surface area contributed by atoms with E-state index in [9.17, 15) is 19.1 Å². The molecule has 1 atom stereocenters. The smallest absolute Gasteiger partial charge is 0.339 e. The van der Waals surface area contributed by atoms with Gasteiger partial charge >= 0.3 is 5.97 Å². The third-order valence-corrected chi connectivity index (χ3v) is 5.17. The molecular weight excluding hydrogens is 421 g/mol. The van der Waals surface area contributed by atoms with Crippen molar-refractivity contribution in [2.75, 3.05) is 6.61 Å². The Bertz CT molecular complexity index is 1060. The van der Waals surface area contributed by atoms with Gasteiger partial charge in [0.25, 0.3) is 5.91 Å². The van der Waals surface area contributed by atoms with Gasteiger partial charge in [-0.3, -0.25) is 4.79 Å². The lowest BCUT2D eigenvalue weighted by Crippen LogP contribution is -2.36. The zero-order chi connectivity index (χ0) is 22.4. The molecule has 0 aromatic heterocycles. The van der Waals surface area contributed by atoms with Crippen molar-refractivity contribution in [3.05, 3.63) is 100 Å². The quantitative estimate of drug-likeness (QED) is 0.512. The van der Waals surface area contributed by atoms with E-state index < -0.39 is 12.6 Å². The molecule has 3 rings (SSSR count). The molecule has 0 radical (unpaired) electrons. The van der Waals surface area contributed by atoms with Crippen LogP contribution in [0.4, 0.5) is 4.39 Å². The van der Waals surface area contributed by atoms with Crippen LogP contribution in [0.25, 0.3) is 0 Å². The normalized spacial score (nSPS) is 11.6. The lowest BCUT2D eigenvalue weighted by Gasteiger charge is -2.30. The number of carbonyl (C=O) groups excluding carboxylic acids is 1. The summed E-state index contributed by atoms with van der Waals surface area (Å²) in [6.07, 6.45) is 0. The number of rotatable bonds is 8. The molecule has 1 amide bonds. The molecule has 0 fully saturated rings. The lowest BCUT2D eigenvalue weighted by molar-refractivity contribution is -0.136. The van der Waals surface area contributed by atoms with Gasteiger partial charge in [-0.05, 0) is 42.3 Å². The fraction of sp³-hybridized carbons (Fsp3) is 0.167. The molecule has 31 heavy (non-hydrogen) atoms. The molecule has 3 aromatic rings. The Hall–Kier alpha value is -3.38. The van der Waals surface area contributed by atoms with Crippen LogP contribution >= 0.6 is 11.6 Å². The number of amides is 1. The van der Waals surface area contributed by atoms with Crippen molar-refractivity contribution in [1.82, 2.24) is 4.90 Å². The Morgan fingerprint density at radius 3 is 2.35 bits per heavy atom. The van der Waals surface area contributed by atoms with E-state index in [-0.39, 0.29) is 40.6 Å². The van der Waals surface area contributed by atoms with Crippen LogP contribution in [0.3, 0.4) is 0 Å². The van der Waals surface area contributed by atoms with E-state index in [1.54, 1.807) is 17.0 Å². The summed E-state index contributed by atoms with van der Waals surface area (Å²) in [7, 11) is 0. The first-order chi connectivity index (χ1) is 14.9. The number of carboxylic acid groups (broad SMARTS) is 1. The Balaban J connectivity index is 1.84. The predicted octanol–water partition coefficient (Wildman–Crippen LogP) is 5.35. The standard InChI is InChI=1S/C24H21ClFNO4/c1-16(18-6-3-2-4-7-18)27(14-17-10-12-19(26)13-11-17)22(28)15-31-23-20(24(29)30)8-5-9-21(23)25/h2-13,16H,14-15H2,1H3,(H,29,30). The van der Waals surface area contributed by atoms with Gasteiger partial charge in [0.1, 0.15) is 11.4 Å². The molecule has 0 heterocycles. The largest absolute Gasteiger partial charge is 0.481 e. The average Bonchev–Trinajstić information content (AvgIpc) is 2.77. The van der Waals surface area contributed by atoms with Crippen molar-refractivity contribution in [1.29, 1.82) is 0 Å². The summed E-state index contributed by atoms with van der Waals surface area (Å²) in [5.41, 5.74) is 1.55. The van der Waals surface area contributed by atoms with Gasteiger partial charge in [0.05, 0.1) is 11.1 Å². The second-order valence-electron chi connectivity index (χ2n) is 6.95. The highest BCUT2D eigenvalue weighted by molar-refractivity contribution is 6.32. The van der Waals surface area contributed by atoms with E-state index in [4.69, 9.17) is 16.3 Å². The van der Waals surface area contributed by atoms with E-state index >= 15 is 0 Å². The van der Waals surface area contributed by atoms with E-state index in [0.717, 1.165) is 11.1 Å². The van der Waals surface area contributed by atoms with Crippen LogP contribution in [-0.4, -0.2) is 28.5 Å². The molecule has 5 nitrogen and oxygen atoms in total. The molecule has 0 aliphatic heterocycles. The first kappa shape index (κ1) is 22.3. The van der Waals surface area contributed by atoms with Crippen LogP contribution < -0.4 is 4.74 Å². The van der Waals surface area contributed by atoms with Crippen molar-refractivity contribution in [2.24, 2.45) is 0 Å². The van der Waals surface area contributed by atoms with E-state index in [1.165, 1.54) is 30.3 Å². The number of carbonyl (C=O) groups is 2. The van der Waals surface area contributed by atoms with E-state index in [0.29, 0.717) is 0 Å². The first-order valence-electron chi connectivity index (χ1n) is 9.60. The molecule has 0 spiro atoms. The average molecular weight is 442 g/mol. The van der Waals surface area contributed by atoms with Crippen LogP contribution in [0.15, 0.2) is 72.8 Å². The number of hydrogen-bond donors (Lipinski definition) is 1. The highest BCUT2D eigenvalue weighted by Crippen LogP contribution is 2.29. The van der Waals surface area contributed by atoms with Gasteiger partial charge < -0.3 is 14.7 Å². The zero-order valence-electron chi connectivity index (χ0n) is 16.8. The maximum absolute atomic E-state index is 13.3. The van der Waals surface area contributed by atoms with Crippen molar-refractivity contribution in [3.8, 4) is 5.75 Å². The minimum Gasteiger partial charge on any atom is -0.481 e. The highest BCUT2D eigenvalue weighted by Gasteiger charge is 2.24. The van der Waals surface area contributed by atoms with Gasteiger partial charge in [0.2, 0.25) is 0 Å². The maximum atomic E-state index is 13.3. The summed E-state index contributed by atoms with van der Waals surface area (Å²) < 4.78 is 18.8. The van der Waals surface area contributed by atoms with Crippen LogP contribution in [0.1, 0.15) is 34.5 Å². The van der Waals surface area contributed by atoms with Gasteiger partial charge in [-0.25, -0.2) is 9.18 Å². The SMILES string of the molecule is CC(c1ccccc1)N(Cc1ccc(F)cc1)C(=O)COc1c(Cl)cccc1C(=O)O. The van der Waals surface area contributed by atoms with Crippen LogP contribution in [0, 0.1) is 5.82 Å². The van der Waals surface area contributed by atoms with Gasteiger partial charge in [-0.2, -0.15) is 0 Å². The van der Waals surface area contributed by atoms with Crippen molar-refractivity contribution in [3.63, 3.8) is 0 Å². The summed E-state index contributed by atoms with van der Waals surface area (Å²) in [6.45, 7) is 1.71. The highest BCUT2D eigenvalue weighted by atomic mass is 35.5. The van der Waals surface area contributed by atoms with Crippen molar-refractivity contribution < 1.29 is 23.8 Å². The molecule has 0 aliphatic rings. The number of para-hydroxylation sites is 1.